The first-order valence-corrected chi connectivity index (χ1v) is 165. The van der Waals surface area contributed by atoms with Crippen molar-refractivity contribution < 1.29 is 13.7 Å². The second kappa shape index (κ2) is 110. The lowest BCUT2D eigenvalue weighted by Gasteiger charge is -2.32. The van der Waals surface area contributed by atoms with Gasteiger partial charge in [-0.25, -0.2) is 0 Å². The van der Waals surface area contributed by atoms with Crippen LogP contribution in [0.25, 0.3) is 49.4 Å². The fourth-order valence-corrected chi connectivity index (χ4v) is 278. The molecule has 3 heterocycles. The smallest absolute Gasteiger partial charge is 0.456 e. The van der Waals surface area contributed by atoms with Crippen LogP contribution in [0.1, 0.15) is 27.7 Å². The van der Waals surface area contributed by atoms with Crippen LogP contribution in [0.5, 0.6) is 0 Å². The summed E-state index contributed by atoms with van der Waals surface area (Å²) in [5, 5.41) is 4.61. The molecule has 108 heteroatoms. The molecule has 0 atom stereocenters. The number of para-hydroxylation sites is 2. The van der Waals surface area contributed by atoms with Crippen molar-refractivity contribution >= 4 is 976 Å². The van der Waals surface area contributed by atoms with E-state index in [1.54, 1.807) is 107 Å². The fraction of sp³-hybridized carbons (Fsp3) is 0.200. The van der Waals surface area contributed by atoms with Crippen molar-refractivity contribution in [3.05, 3.63) is 84.9 Å². The van der Waals surface area contributed by atoms with E-state index in [2.05, 4.69) is 99.0 Å². The summed E-state index contributed by atoms with van der Waals surface area (Å²) in [5.41, 5.74) is 5.44. The van der Waals surface area contributed by atoms with Crippen LogP contribution in [0.3, 0.4) is 0 Å². The maximum atomic E-state index is 6.37. The summed E-state index contributed by atoms with van der Waals surface area (Å²) in [6.45, 7) is 8.36. The zero-order valence-electron chi connectivity index (χ0n) is 62.4. The normalized spacial score (nSPS) is 10.3. The average molecular weight is 3760 g/mol. The molecule has 1 aliphatic heterocycles. The summed E-state index contributed by atoms with van der Waals surface area (Å²) in [5.74, 6) is 0. The Balaban J connectivity index is 0.000000677. The minimum atomic E-state index is -0.405. The van der Waals surface area contributed by atoms with Crippen molar-refractivity contribution in [2.45, 2.75) is 38.9 Å². The lowest BCUT2D eigenvalue weighted by Crippen LogP contribution is -2.41. The van der Waals surface area contributed by atoms with E-state index in [-0.39, 0.29) is 11.2 Å². The highest BCUT2D eigenvalue weighted by Crippen LogP contribution is 2.40. The maximum Gasteiger partial charge on any atom is 0.494 e. The molecule has 0 amide bonds. The van der Waals surface area contributed by atoms with Gasteiger partial charge in [0.05, 0.1) is 22.2 Å². The van der Waals surface area contributed by atoms with Gasteiger partial charge in [-0.2, -0.15) is 0 Å². The molecule has 0 aliphatic carbocycles. The molecule has 4 aromatic carbocycles. The third-order valence-electron chi connectivity index (χ3n) is 10.6. The number of fused-ring (bicyclic) bond motifs is 6. The topological polar surface area (TPSA) is 36.5 Å². The molecule has 0 N–H and O–H groups in total. The Bertz CT molecular complexity index is 10600. The number of aromatic nitrogens is 1. The van der Waals surface area contributed by atoms with Gasteiger partial charge in [-0.15, -0.1) is 0 Å². The molecular formula is C30H26BNO3S103. The molecule has 1 fully saturated rings. The summed E-state index contributed by atoms with van der Waals surface area (Å²) in [4.78, 5) is 0. The van der Waals surface area contributed by atoms with Crippen LogP contribution in [0.4, 0.5) is 0 Å². The van der Waals surface area contributed by atoms with Gasteiger partial charge >= 0.3 is 7.12 Å². The minimum absolute atomic E-state index is 0.382. The van der Waals surface area contributed by atoms with Crippen LogP contribution >= 0.6 is 0 Å². The minimum Gasteiger partial charge on any atom is -0.456 e. The molecule has 7 rings (SSSR count). The van der Waals surface area contributed by atoms with E-state index in [1.165, 1.54) is 28.5 Å². The zero-order chi connectivity index (χ0) is 97.4. The second-order valence-electron chi connectivity index (χ2n) is 17.4. The Labute approximate surface area is 1090 Å². The first-order valence-electron chi connectivity index (χ1n) is 29.1. The van der Waals surface area contributed by atoms with Gasteiger partial charge in [0, 0.05) is 953 Å². The van der Waals surface area contributed by atoms with Gasteiger partial charge in [0.15, 0.2) is 0 Å². The highest BCUT2D eigenvalue weighted by Gasteiger charge is 2.51. The lowest BCUT2D eigenvalue weighted by atomic mass is 9.78. The van der Waals surface area contributed by atoms with Gasteiger partial charge in [-0.1, -0.05) is 48.5 Å². The Kier molecular flexibility index (Phi) is 116. The van der Waals surface area contributed by atoms with Crippen molar-refractivity contribution in [2.24, 2.45) is 0 Å². The SMILES string of the molecule is CC1(C)OB(c2ccc3c(c2)c2cc4c(cc2n3-c2ccccc2)oc2ccccc24)OC1(C)C.S=S=S=S=S=S=S=S=S=S=S=S=S=S=S=S=S=S=S=S=S=S=S=S=S=S=S=S=S=S=S=S=S=S=S=S=S=S=S=S=S=S=S=S=S=S=S=S=S=S=S=S=S=S=S=S=S=S=S=S=S=S=S=S=S=S=S=S=S=S=S=S=S=S=S=S=S=S=S=S=S=S=S=S=S=S=S=S=S=S=S=S=S=S=S=S=S=S=S=S=S=S=S. The summed E-state index contributed by atoms with van der Waals surface area (Å²) in [7, 11) is 182. The molecule has 0 bridgehead atoms. The zero-order valence-corrected chi connectivity index (χ0v) is 146. The van der Waals surface area contributed by atoms with E-state index in [9.17, 15) is 0 Å². The molecular weight excluding hydrogens is 3740 g/mol. The second-order valence-corrected chi connectivity index (χ2v) is 196. The lowest BCUT2D eigenvalue weighted by molar-refractivity contribution is 0.00578. The van der Waals surface area contributed by atoms with Crippen LogP contribution in [-0.2, 0) is 929 Å². The summed E-state index contributed by atoms with van der Waals surface area (Å²) < 4.78 is 21.3. The molecule has 0 spiro atoms. The summed E-state index contributed by atoms with van der Waals surface area (Å²) >= 11 is 9.66. The van der Waals surface area contributed by atoms with E-state index < -0.39 is 7.12 Å². The van der Waals surface area contributed by atoms with E-state index in [1.807, 2.05) is 791 Å². The van der Waals surface area contributed by atoms with Gasteiger partial charge in [0.25, 0.3) is 0 Å². The summed E-state index contributed by atoms with van der Waals surface area (Å²) in [6, 6.07) is 29.7. The molecule has 790 valence electrons. The number of benzene rings is 4. The standard InChI is InChI=1S/C30H26BNO3.S103/c1-29(2)30(3,4)35-31(34-29)19-14-15-25-22(16-19)23-17-24-21-12-8-9-13-27(21)33-28(24)18-26(23)32(25)20-10-6-5-7-11-20;1-3-5-7-9-11-13-15-17-19-21-23-25-27-29-31-33-35-37-39-41-43-45-47-49-51-53-55-57-59-61-63-65-67-69-71-73-75-77-79-81-83-85-87-89-91-93-95-97-99-101-103-102-100-98-96-94-92-90-88-86-84-82-80-78-76-74-72-70-68-66-64-62-60-58-56-54-52-50-48-46-44-42-40-38-36-34-32-30-28-26-24-22-20-18-16-14-12-10-8-6-4-2/h5-18H,1-4H3;. The van der Waals surface area contributed by atoms with Crippen molar-refractivity contribution in [2.75, 3.05) is 0 Å². The molecule has 2 aromatic heterocycles. The predicted octanol–water partition coefficient (Wildman–Crippen LogP) is 6.74. The van der Waals surface area contributed by atoms with Crippen molar-refractivity contribution in [3.8, 4) is 5.69 Å². The molecule has 6 aromatic rings. The fourth-order valence-electron chi connectivity index (χ4n) is 6.36. The van der Waals surface area contributed by atoms with Crippen molar-refractivity contribution in [1.82, 2.24) is 4.57 Å². The van der Waals surface area contributed by atoms with E-state index in [0.29, 0.717) is 0 Å². The molecule has 0 radical (unpaired) electrons. The van der Waals surface area contributed by atoms with Gasteiger partial charge in [-0.3, -0.25) is 0 Å². The molecule has 0 unspecified atom stereocenters. The highest BCUT2D eigenvalue weighted by atomic mass is 33.6. The van der Waals surface area contributed by atoms with Crippen LogP contribution in [0.15, 0.2) is 89.3 Å². The molecule has 1 saturated heterocycles. The van der Waals surface area contributed by atoms with E-state index in [4.69, 9.17) is 36.1 Å². The Morgan fingerprint density at radius 3 is 0.601 bits per heavy atom. The largest absolute Gasteiger partial charge is 0.494 e. The van der Waals surface area contributed by atoms with Crippen molar-refractivity contribution in [1.29, 1.82) is 0 Å². The average Bonchev–Trinajstić information content (AvgIpc) is 1.56. The van der Waals surface area contributed by atoms with E-state index in [0.717, 1.165) is 44.1 Å². The number of furan rings is 1. The van der Waals surface area contributed by atoms with Gasteiger partial charge in [-0.05, 0) is 63.5 Å². The third kappa shape index (κ3) is 80.4. The van der Waals surface area contributed by atoms with Gasteiger partial charge in [0.2, 0.25) is 0 Å². The van der Waals surface area contributed by atoms with Gasteiger partial charge in [0.1, 0.15) is 11.2 Å². The Morgan fingerprint density at radius 2 is 0.384 bits per heavy atom. The number of nitrogens with zero attached hydrogens (tertiary/aromatic N) is 1. The van der Waals surface area contributed by atoms with Crippen LogP contribution in [0, 0.1) is 0 Å². The number of hydrogen-bond donors (Lipinski definition) is 0. The number of rotatable bonds is 2. The first-order chi connectivity index (χ1) is 68.2. The maximum absolute atomic E-state index is 6.37. The third-order valence-corrected chi connectivity index (χ3v) is 233. The highest BCUT2D eigenvalue weighted by molar-refractivity contribution is 8.88. The molecule has 0 saturated carbocycles. The number of hydrogen-bond acceptors (Lipinski definition) is 5. The van der Waals surface area contributed by atoms with Crippen molar-refractivity contribution in [3.63, 3.8) is 0 Å². The first kappa shape index (κ1) is 146. The van der Waals surface area contributed by atoms with E-state index >= 15 is 0 Å². The summed E-state index contributed by atoms with van der Waals surface area (Å²) in [6.07, 6.45) is 0. The van der Waals surface area contributed by atoms with Crippen LogP contribution in [0.2, 0.25) is 0 Å². The predicted molar refractivity (Wildman–Crippen MR) is 902 cm³/mol. The quantitative estimate of drug-likeness (QED) is 0.180. The van der Waals surface area contributed by atoms with Crippen LogP contribution < -0.4 is 5.46 Å². The monoisotopic (exact) mass is 3750 g/mol. The Hall–Kier alpha value is 19.1. The molecule has 138 heavy (non-hydrogen) atoms. The molecule has 1 aliphatic rings. The van der Waals surface area contributed by atoms with Gasteiger partial charge < -0.3 is 18.3 Å². The van der Waals surface area contributed by atoms with Crippen LogP contribution in [-0.4, -0.2) is 22.9 Å². The Morgan fingerprint density at radius 1 is 0.188 bits per heavy atom. The molecule has 4 nitrogen and oxygen atoms in total.